The maximum atomic E-state index is 15.4. The topological polar surface area (TPSA) is 111 Å². The highest BCUT2D eigenvalue weighted by Gasteiger charge is 2.51. The van der Waals surface area contributed by atoms with Crippen molar-refractivity contribution in [1.82, 2.24) is 24.8 Å². The molecule has 10 heteroatoms. The number of pyridine rings is 1. The van der Waals surface area contributed by atoms with Gasteiger partial charge in [0.1, 0.15) is 23.6 Å². The first-order valence-electron chi connectivity index (χ1n) is 12.1. The zero-order valence-corrected chi connectivity index (χ0v) is 20.4. The number of nitrogens with zero attached hydrogens (tertiary/aromatic N) is 5. The van der Waals surface area contributed by atoms with Crippen molar-refractivity contribution >= 4 is 28.6 Å². The molecule has 3 aromatic heterocycles. The molecule has 3 N–H and O–H groups in total. The van der Waals surface area contributed by atoms with Crippen molar-refractivity contribution < 1.29 is 13.9 Å². The van der Waals surface area contributed by atoms with Crippen molar-refractivity contribution in [3.8, 4) is 22.8 Å². The number of nitrogens with two attached hydrogens (primary N) is 1. The number of ether oxygens (including phenoxy) is 1. The molecular formula is C27H26FN7O2. The second-order valence-corrected chi connectivity index (χ2v) is 9.47. The molecule has 4 aromatic rings. The number of nitrogen functional groups attached to an aromatic ring is 1. The van der Waals surface area contributed by atoms with Gasteiger partial charge in [-0.2, -0.15) is 0 Å². The predicted octanol–water partition coefficient (Wildman–Crippen LogP) is 3.97. The molecular weight excluding hydrogens is 473 g/mol. The summed E-state index contributed by atoms with van der Waals surface area (Å²) >= 11 is 0. The van der Waals surface area contributed by atoms with Crippen LogP contribution in [0.3, 0.4) is 0 Å². The molecule has 37 heavy (non-hydrogen) atoms. The summed E-state index contributed by atoms with van der Waals surface area (Å²) in [5, 5.41) is 3.63. The summed E-state index contributed by atoms with van der Waals surface area (Å²) in [6.07, 6.45) is 4.58. The summed E-state index contributed by atoms with van der Waals surface area (Å²) < 4.78 is 23.2. The lowest BCUT2D eigenvalue weighted by Crippen LogP contribution is -2.45. The Kier molecular flexibility index (Phi) is 5.32. The molecule has 2 aliphatic rings. The monoisotopic (exact) mass is 499 g/mol. The van der Waals surface area contributed by atoms with Crippen molar-refractivity contribution in [2.45, 2.75) is 31.8 Å². The zero-order chi connectivity index (χ0) is 25.7. The quantitative estimate of drug-likeness (QED) is 0.370. The van der Waals surface area contributed by atoms with Gasteiger partial charge in [-0.25, -0.2) is 19.3 Å². The fraction of sp³-hybridized carbons (Fsp3) is 0.259. The number of aromatic nitrogens is 4. The zero-order valence-electron chi connectivity index (χ0n) is 20.4. The molecule has 4 heterocycles. The van der Waals surface area contributed by atoms with E-state index in [4.69, 9.17) is 10.5 Å². The number of rotatable bonds is 7. The van der Waals surface area contributed by atoms with Crippen LogP contribution in [0.1, 0.15) is 18.5 Å². The van der Waals surface area contributed by atoms with Gasteiger partial charge in [-0.05, 0) is 49.6 Å². The summed E-state index contributed by atoms with van der Waals surface area (Å²) in [5.74, 6) is 0.907. The summed E-state index contributed by atoms with van der Waals surface area (Å²) in [7, 11) is 0. The molecule has 1 amide bonds. The normalized spacial score (nSPS) is 15.5. The third kappa shape index (κ3) is 3.85. The minimum Gasteiger partial charge on any atom is -0.436 e. The number of carbonyl (C=O) groups excluding carboxylic acids is 1. The van der Waals surface area contributed by atoms with Crippen molar-refractivity contribution in [1.29, 1.82) is 0 Å². The van der Waals surface area contributed by atoms with E-state index in [-0.39, 0.29) is 17.2 Å². The van der Waals surface area contributed by atoms with E-state index in [1.807, 2.05) is 25.1 Å². The van der Waals surface area contributed by atoms with Crippen LogP contribution in [-0.4, -0.2) is 44.1 Å². The average molecular weight is 500 g/mol. The molecule has 1 fully saturated rings. The highest BCUT2D eigenvalue weighted by Crippen LogP contribution is 2.52. The Morgan fingerprint density at radius 2 is 2.11 bits per heavy atom. The maximum absolute atomic E-state index is 15.4. The predicted molar refractivity (Wildman–Crippen MR) is 139 cm³/mol. The van der Waals surface area contributed by atoms with E-state index in [0.717, 1.165) is 36.5 Å². The van der Waals surface area contributed by atoms with E-state index in [1.165, 1.54) is 18.5 Å². The smallest absolute Gasteiger partial charge is 0.243 e. The maximum Gasteiger partial charge on any atom is 0.243 e. The summed E-state index contributed by atoms with van der Waals surface area (Å²) in [6.45, 7) is 7.32. The molecule has 188 valence electrons. The Balaban J connectivity index is 1.44. The lowest BCUT2D eigenvalue weighted by Gasteiger charge is -2.30. The van der Waals surface area contributed by atoms with Crippen LogP contribution in [0.15, 0.2) is 55.4 Å². The molecule has 0 atom stereocenters. The Morgan fingerprint density at radius 3 is 2.84 bits per heavy atom. The largest absolute Gasteiger partial charge is 0.436 e. The highest BCUT2D eigenvalue weighted by molar-refractivity contribution is 6.07. The fourth-order valence-electron chi connectivity index (χ4n) is 5.15. The minimum absolute atomic E-state index is 0.0777. The van der Waals surface area contributed by atoms with Gasteiger partial charge in [-0.3, -0.25) is 4.79 Å². The molecule has 6 rings (SSSR count). The number of hydrogen-bond donors (Lipinski definition) is 2. The molecule has 0 spiro atoms. The first-order valence-corrected chi connectivity index (χ1v) is 12.1. The van der Waals surface area contributed by atoms with Crippen molar-refractivity contribution in [2.24, 2.45) is 0 Å². The second-order valence-electron chi connectivity index (χ2n) is 9.47. The summed E-state index contributed by atoms with van der Waals surface area (Å²) in [4.78, 5) is 27.2. The van der Waals surface area contributed by atoms with Crippen molar-refractivity contribution in [3.63, 3.8) is 0 Å². The van der Waals surface area contributed by atoms with Gasteiger partial charge in [0.15, 0.2) is 11.6 Å². The summed E-state index contributed by atoms with van der Waals surface area (Å²) in [6, 6.07) is 10.2. The fourth-order valence-corrected chi connectivity index (χ4v) is 5.15. The molecule has 9 nitrogen and oxygen atoms in total. The van der Waals surface area contributed by atoms with Crippen molar-refractivity contribution in [3.05, 3.63) is 66.9 Å². The highest BCUT2D eigenvalue weighted by atomic mass is 19.1. The van der Waals surface area contributed by atoms with Crippen LogP contribution >= 0.6 is 0 Å². The Hall–Kier alpha value is -4.47. The molecule has 0 unspecified atom stereocenters. The number of halogens is 1. The average Bonchev–Trinajstić information content (AvgIpc) is 3.42. The van der Waals surface area contributed by atoms with Crippen LogP contribution in [-0.2, 0) is 11.3 Å². The van der Waals surface area contributed by atoms with E-state index in [9.17, 15) is 4.79 Å². The molecule has 1 aliphatic heterocycles. The lowest BCUT2D eigenvalue weighted by atomic mass is 10.0. The molecule has 0 saturated heterocycles. The van der Waals surface area contributed by atoms with Gasteiger partial charge in [0.2, 0.25) is 11.8 Å². The van der Waals surface area contributed by atoms with Crippen molar-refractivity contribution in [2.75, 3.05) is 23.7 Å². The van der Waals surface area contributed by atoms with Gasteiger partial charge in [0, 0.05) is 37.0 Å². The van der Waals surface area contributed by atoms with Gasteiger partial charge in [0.05, 0.1) is 10.9 Å². The van der Waals surface area contributed by atoms with Crippen LogP contribution in [0.4, 0.5) is 16.0 Å². The number of hydrogen-bond acceptors (Lipinski definition) is 7. The summed E-state index contributed by atoms with van der Waals surface area (Å²) in [5.41, 5.74) is 9.01. The van der Waals surface area contributed by atoms with Crippen LogP contribution in [0.2, 0.25) is 0 Å². The van der Waals surface area contributed by atoms with E-state index < -0.39 is 5.82 Å². The first-order chi connectivity index (χ1) is 17.9. The van der Waals surface area contributed by atoms with Gasteiger partial charge < -0.3 is 25.3 Å². The van der Waals surface area contributed by atoms with Gasteiger partial charge in [0.25, 0.3) is 0 Å². The number of carbonyl (C=O) groups is 1. The SMILES string of the molecule is C=CC(=O)NCC1(N2CCn3c2c(-c2ccc(Oc4cccc(C)n4)c(F)c2)c2c(N)ncnc23)CC1. The first kappa shape index (κ1) is 23.0. The van der Waals surface area contributed by atoms with Crippen LogP contribution < -0.4 is 20.7 Å². The number of nitrogens with one attached hydrogen (secondary N) is 1. The molecule has 0 radical (unpaired) electrons. The molecule has 1 aromatic carbocycles. The van der Waals surface area contributed by atoms with Crippen LogP contribution in [0.5, 0.6) is 11.6 Å². The number of benzene rings is 1. The third-order valence-corrected chi connectivity index (χ3v) is 7.12. The van der Waals surface area contributed by atoms with E-state index in [2.05, 4.69) is 36.3 Å². The van der Waals surface area contributed by atoms with Gasteiger partial charge in [-0.1, -0.05) is 18.7 Å². The van der Waals surface area contributed by atoms with E-state index >= 15 is 4.39 Å². The lowest BCUT2D eigenvalue weighted by molar-refractivity contribution is -0.116. The molecule has 1 aliphatic carbocycles. The molecule has 0 bridgehead atoms. The Labute approximate surface area is 212 Å². The second kappa shape index (κ2) is 8.58. The molecule has 1 saturated carbocycles. The van der Waals surface area contributed by atoms with Crippen LogP contribution in [0.25, 0.3) is 22.2 Å². The van der Waals surface area contributed by atoms with E-state index in [1.54, 1.807) is 12.1 Å². The number of fused-ring (bicyclic) bond motifs is 3. The standard InChI is InChI=1S/C27H26FN7O2/c1-3-20(36)30-14-27(9-10-27)35-12-11-34-25-23(24(29)31-15-32-25)22(26(34)35)17-7-8-19(18(28)13-17)37-21-6-4-5-16(2)33-21/h3-8,13,15H,1,9-12,14H2,2H3,(H,30,36)(H2,29,31,32). The Bertz CT molecular complexity index is 1560. The third-order valence-electron chi connectivity index (χ3n) is 7.12. The Morgan fingerprint density at radius 1 is 1.27 bits per heavy atom. The number of aryl methyl sites for hydroxylation is 1. The van der Waals surface area contributed by atoms with Gasteiger partial charge >= 0.3 is 0 Å². The van der Waals surface area contributed by atoms with Crippen LogP contribution in [0, 0.1) is 12.7 Å². The number of anilines is 2. The van der Waals surface area contributed by atoms with E-state index in [0.29, 0.717) is 41.4 Å². The number of amides is 1. The van der Waals surface area contributed by atoms with Gasteiger partial charge in [-0.15, -0.1) is 0 Å². The minimum atomic E-state index is -0.520.